The number of benzene rings is 1. The van der Waals surface area contributed by atoms with Crippen molar-refractivity contribution < 1.29 is 0 Å². The van der Waals surface area contributed by atoms with Crippen molar-refractivity contribution in [2.24, 2.45) is 0 Å². The molecule has 0 aliphatic heterocycles. The summed E-state index contributed by atoms with van der Waals surface area (Å²) in [6, 6.07) is 3.86. The number of fused-ring (bicyclic) bond motifs is 1. The minimum absolute atomic E-state index is 0.524. The molecule has 2 rings (SSSR count). The Hall–Kier alpha value is -0.380. The Labute approximate surface area is 90.9 Å². The second kappa shape index (κ2) is 3.40. The molecule has 0 amide bonds. The Morgan fingerprint density at radius 2 is 2.23 bits per heavy atom. The molecule has 2 N–H and O–H groups in total. The lowest BCUT2D eigenvalue weighted by molar-refractivity contribution is 1.46. The molecule has 0 spiro atoms. The highest BCUT2D eigenvalue weighted by Gasteiger charge is 2.06. The van der Waals surface area contributed by atoms with E-state index in [0.717, 1.165) is 26.2 Å². The van der Waals surface area contributed by atoms with Crippen LogP contribution in [0.3, 0.4) is 0 Å². The molecule has 4 heteroatoms. The Morgan fingerprint density at radius 1 is 1.46 bits per heavy atom. The molecule has 0 radical (unpaired) electrons. The van der Waals surface area contributed by atoms with Gasteiger partial charge in [0, 0.05) is 16.2 Å². The van der Waals surface area contributed by atoms with Crippen LogP contribution in [0.5, 0.6) is 0 Å². The van der Waals surface area contributed by atoms with E-state index in [1.807, 2.05) is 17.5 Å². The summed E-state index contributed by atoms with van der Waals surface area (Å²) < 4.78 is 1.11. The molecule has 0 saturated carbocycles. The fourth-order valence-corrected chi connectivity index (χ4v) is 2.87. The van der Waals surface area contributed by atoms with Gasteiger partial charge in [-0.05, 0) is 23.1 Å². The zero-order chi connectivity index (χ0) is 9.42. The van der Waals surface area contributed by atoms with E-state index in [-0.39, 0.29) is 0 Å². The first kappa shape index (κ1) is 9.19. The lowest BCUT2D eigenvalue weighted by Crippen LogP contribution is -1.85. The molecular formula is C9H8ClNS2. The first-order valence-electron chi connectivity index (χ1n) is 3.77. The molecule has 2 aromatic rings. The average Bonchev–Trinajstić information content (AvgIpc) is 2.47. The standard InChI is InChI=1S/C9H8ClNS2/c10-3-5-4-13-9-7(5)1-6(12)2-8(9)11/h1-2,4,12H,3,11H2. The Bertz CT molecular complexity index is 450. The minimum Gasteiger partial charge on any atom is -0.398 e. The number of nitrogen functional groups attached to an aromatic ring is 1. The number of rotatable bonds is 1. The summed E-state index contributed by atoms with van der Waals surface area (Å²) in [7, 11) is 0. The van der Waals surface area contributed by atoms with E-state index in [0.29, 0.717) is 5.88 Å². The normalized spacial score (nSPS) is 10.9. The smallest absolute Gasteiger partial charge is 0.0576 e. The summed E-state index contributed by atoms with van der Waals surface area (Å²) in [5, 5.41) is 3.17. The van der Waals surface area contributed by atoms with Crippen molar-refractivity contribution in [3.05, 3.63) is 23.1 Å². The largest absolute Gasteiger partial charge is 0.398 e. The molecule has 13 heavy (non-hydrogen) atoms. The van der Waals surface area contributed by atoms with Crippen molar-refractivity contribution in [1.82, 2.24) is 0 Å². The summed E-state index contributed by atoms with van der Waals surface area (Å²) >= 11 is 11.7. The summed E-state index contributed by atoms with van der Waals surface area (Å²) in [5.74, 6) is 0.524. The van der Waals surface area contributed by atoms with Crippen LogP contribution in [0.2, 0.25) is 0 Å². The van der Waals surface area contributed by atoms with Gasteiger partial charge in [-0.2, -0.15) is 0 Å². The van der Waals surface area contributed by atoms with Crippen molar-refractivity contribution in [1.29, 1.82) is 0 Å². The minimum atomic E-state index is 0.524. The van der Waals surface area contributed by atoms with Gasteiger partial charge in [0.25, 0.3) is 0 Å². The third kappa shape index (κ3) is 1.52. The molecule has 0 bridgehead atoms. The number of anilines is 1. The van der Waals surface area contributed by atoms with Crippen molar-refractivity contribution in [2.45, 2.75) is 10.8 Å². The third-order valence-electron chi connectivity index (χ3n) is 1.91. The predicted octanol–water partition coefficient (Wildman–Crippen LogP) is 3.51. The second-order valence-corrected chi connectivity index (χ2v) is 4.47. The van der Waals surface area contributed by atoms with Gasteiger partial charge in [0.15, 0.2) is 0 Å². The van der Waals surface area contributed by atoms with Crippen LogP contribution >= 0.6 is 35.6 Å². The van der Waals surface area contributed by atoms with Crippen LogP contribution in [0.4, 0.5) is 5.69 Å². The molecule has 1 aromatic carbocycles. The molecule has 0 fully saturated rings. The van der Waals surface area contributed by atoms with Gasteiger partial charge in [0.05, 0.1) is 10.4 Å². The van der Waals surface area contributed by atoms with Crippen LogP contribution in [0.25, 0.3) is 10.1 Å². The summed E-state index contributed by atoms with van der Waals surface area (Å²) in [6.45, 7) is 0. The first-order valence-corrected chi connectivity index (χ1v) is 5.63. The van der Waals surface area contributed by atoms with Crippen LogP contribution in [0.15, 0.2) is 22.4 Å². The van der Waals surface area contributed by atoms with Gasteiger partial charge in [0.2, 0.25) is 0 Å². The SMILES string of the molecule is Nc1cc(S)cc2c(CCl)csc12. The van der Waals surface area contributed by atoms with Crippen molar-refractivity contribution in [3.8, 4) is 0 Å². The third-order valence-corrected chi connectivity index (χ3v) is 3.55. The van der Waals surface area contributed by atoms with E-state index < -0.39 is 0 Å². The Balaban J connectivity index is 2.82. The van der Waals surface area contributed by atoms with Gasteiger partial charge in [-0.15, -0.1) is 35.6 Å². The van der Waals surface area contributed by atoms with Crippen LogP contribution in [0.1, 0.15) is 5.56 Å². The molecule has 1 aromatic heterocycles. The summed E-state index contributed by atoms with van der Waals surface area (Å²) in [4.78, 5) is 0.884. The number of alkyl halides is 1. The lowest BCUT2D eigenvalue weighted by Gasteiger charge is -1.99. The van der Waals surface area contributed by atoms with Crippen molar-refractivity contribution in [2.75, 3.05) is 5.73 Å². The maximum atomic E-state index is 5.84. The molecule has 0 saturated heterocycles. The summed E-state index contributed by atoms with van der Waals surface area (Å²) in [6.07, 6.45) is 0. The molecule has 0 aliphatic carbocycles. The van der Waals surface area contributed by atoms with Gasteiger partial charge in [-0.3, -0.25) is 0 Å². The fourth-order valence-electron chi connectivity index (χ4n) is 1.30. The fraction of sp³-hybridized carbons (Fsp3) is 0.111. The highest BCUT2D eigenvalue weighted by Crippen LogP contribution is 2.33. The predicted molar refractivity (Wildman–Crippen MR) is 63.0 cm³/mol. The monoisotopic (exact) mass is 229 g/mol. The highest BCUT2D eigenvalue weighted by molar-refractivity contribution is 7.80. The quantitative estimate of drug-likeness (QED) is 0.437. The molecule has 0 unspecified atom stereocenters. The van der Waals surface area contributed by atoms with E-state index in [9.17, 15) is 0 Å². The molecule has 1 nitrogen and oxygen atoms in total. The molecule has 68 valence electrons. The van der Waals surface area contributed by atoms with Crippen LogP contribution in [-0.4, -0.2) is 0 Å². The van der Waals surface area contributed by atoms with E-state index in [4.69, 9.17) is 17.3 Å². The van der Waals surface area contributed by atoms with Gasteiger partial charge in [0.1, 0.15) is 0 Å². The zero-order valence-electron chi connectivity index (χ0n) is 6.75. The molecular weight excluding hydrogens is 222 g/mol. The van der Waals surface area contributed by atoms with E-state index >= 15 is 0 Å². The van der Waals surface area contributed by atoms with Gasteiger partial charge in [-0.25, -0.2) is 0 Å². The molecule has 0 atom stereocenters. The average molecular weight is 230 g/mol. The number of thiophene rings is 1. The molecule has 1 heterocycles. The van der Waals surface area contributed by atoms with E-state index in [1.54, 1.807) is 11.3 Å². The number of hydrogen-bond donors (Lipinski definition) is 2. The van der Waals surface area contributed by atoms with Crippen LogP contribution < -0.4 is 5.73 Å². The zero-order valence-corrected chi connectivity index (χ0v) is 9.22. The van der Waals surface area contributed by atoms with E-state index in [1.165, 1.54) is 0 Å². The van der Waals surface area contributed by atoms with E-state index in [2.05, 4.69) is 12.6 Å². The number of hydrogen-bond acceptors (Lipinski definition) is 3. The maximum Gasteiger partial charge on any atom is 0.0576 e. The van der Waals surface area contributed by atoms with Crippen molar-refractivity contribution in [3.63, 3.8) is 0 Å². The maximum absolute atomic E-state index is 5.84. The van der Waals surface area contributed by atoms with Crippen LogP contribution in [0, 0.1) is 0 Å². The van der Waals surface area contributed by atoms with Crippen LogP contribution in [-0.2, 0) is 5.88 Å². The summed E-state index contributed by atoms with van der Waals surface area (Å²) in [5.41, 5.74) is 7.75. The number of thiol groups is 1. The van der Waals surface area contributed by atoms with Gasteiger partial charge >= 0.3 is 0 Å². The molecule has 0 aliphatic rings. The number of halogens is 1. The Kier molecular flexibility index (Phi) is 2.41. The second-order valence-electron chi connectivity index (χ2n) is 2.81. The highest BCUT2D eigenvalue weighted by atomic mass is 35.5. The lowest BCUT2D eigenvalue weighted by atomic mass is 10.2. The number of nitrogens with two attached hydrogens (primary N) is 1. The Morgan fingerprint density at radius 3 is 2.92 bits per heavy atom. The first-order chi connectivity index (χ1) is 6.22. The topological polar surface area (TPSA) is 26.0 Å². The van der Waals surface area contributed by atoms with Crippen molar-refractivity contribution >= 4 is 51.3 Å². The van der Waals surface area contributed by atoms with Gasteiger partial charge in [-0.1, -0.05) is 0 Å². The van der Waals surface area contributed by atoms with Gasteiger partial charge < -0.3 is 5.73 Å².